The second-order valence-corrected chi connectivity index (χ2v) is 8.85. The third-order valence-electron chi connectivity index (χ3n) is 6.04. The van der Waals surface area contributed by atoms with Gasteiger partial charge >= 0.3 is 0 Å². The molecule has 0 atom stereocenters. The minimum Gasteiger partial charge on any atom is -0.497 e. The summed E-state index contributed by atoms with van der Waals surface area (Å²) in [4.78, 5) is 21.6. The van der Waals surface area contributed by atoms with Gasteiger partial charge in [-0.3, -0.25) is 9.59 Å². The monoisotopic (exact) mass is 485 g/mol. The van der Waals surface area contributed by atoms with Gasteiger partial charge in [0.15, 0.2) is 12.1 Å². The van der Waals surface area contributed by atoms with E-state index in [1.165, 1.54) is 36.1 Å². The summed E-state index contributed by atoms with van der Waals surface area (Å²) in [7, 11) is 3.46. The summed E-state index contributed by atoms with van der Waals surface area (Å²) in [5, 5.41) is 15.9. The van der Waals surface area contributed by atoms with Crippen LogP contribution in [0.2, 0.25) is 0 Å². The van der Waals surface area contributed by atoms with Gasteiger partial charge in [-0.05, 0) is 66.3 Å². The molecule has 3 aromatic carbocycles. The number of hydrogen-bond donors (Lipinski definition) is 2. The number of nitriles is 1. The van der Waals surface area contributed by atoms with Crippen molar-refractivity contribution in [2.24, 2.45) is 0 Å². The quantitative estimate of drug-likeness (QED) is 0.194. The third kappa shape index (κ3) is 8.07. The van der Waals surface area contributed by atoms with E-state index in [1.54, 1.807) is 20.2 Å². The summed E-state index contributed by atoms with van der Waals surface area (Å²) in [5.41, 5.74) is 3.74. The Bertz CT molecular complexity index is 1240. The Morgan fingerprint density at radius 1 is 1.17 bits per heavy atom. The van der Waals surface area contributed by atoms with Crippen molar-refractivity contribution < 1.29 is 14.3 Å². The van der Waals surface area contributed by atoms with Gasteiger partial charge in [-0.15, -0.1) is 0 Å². The Morgan fingerprint density at radius 3 is 2.44 bits per heavy atom. The molecule has 1 saturated carbocycles. The van der Waals surface area contributed by atoms with Crippen molar-refractivity contribution >= 4 is 22.8 Å². The number of hydrogen-bond acceptors (Lipinski definition) is 6. The molecule has 0 heterocycles. The molecule has 0 aromatic heterocycles. The first kappa shape index (κ1) is 28.3. The van der Waals surface area contributed by atoms with E-state index >= 15 is 0 Å². The van der Waals surface area contributed by atoms with Gasteiger partial charge in [-0.2, -0.15) is 5.26 Å². The number of methoxy groups -OCH3 is 1. The zero-order valence-electron chi connectivity index (χ0n) is 21.6. The normalized spacial score (nSPS) is 12.5. The van der Waals surface area contributed by atoms with Crippen LogP contribution in [-0.2, 0) is 16.8 Å². The van der Waals surface area contributed by atoms with Crippen LogP contribution in [-0.4, -0.2) is 32.8 Å². The van der Waals surface area contributed by atoms with Crippen molar-refractivity contribution in [3.8, 4) is 11.8 Å². The average Bonchev–Trinajstić information content (AvgIpc) is 3.66. The van der Waals surface area contributed by atoms with Gasteiger partial charge in [0.2, 0.25) is 0 Å². The van der Waals surface area contributed by atoms with Crippen LogP contribution in [0.5, 0.6) is 5.75 Å². The highest BCUT2D eigenvalue weighted by atomic mass is 16.5. The third-order valence-corrected chi connectivity index (χ3v) is 6.04. The Kier molecular flexibility index (Phi) is 10.9. The second-order valence-electron chi connectivity index (χ2n) is 8.85. The lowest BCUT2D eigenvalue weighted by molar-refractivity contribution is -0.105. The van der Waals surface area contributed by atoms with Crippen molar-refractivity contribution in [2.45, 2.75) is 38.6 Å². The summed E-state index contributed by atoms with van der Waals surface area (Å²) >= 11 is 0. The van der Waals surface area contributed by atoms with Gasteiger partial charge in [0.25, 0.3) is 0 Å². The summed E-state index contributed by atoms with van der Waals surface area (Å²) in [6.45, 7) is 8.25. The fraction of sp³-hybridized carbons (Fsp3) is 0.300. The van der Waals surface area contributed by atoms with Gasteiger partial charge < -0.3 is 15.4 Å². The highest BCUT2D eigenvalue weighted by Crippen LogP contribution is 2.50. The van der Waals surface area contributed by atoms with Gasteiger partial charge in [0.05, 0.1) is 25.4 Å². The fourth-order valence-corrected chi connectivity index (χ4v) is 3.71. The number of fused-ring (bicyclic) bond motifs is 1. The van der Waals surface area contributed by atoms with Crippen LogP contribution in [0.1, 0.15) is 48.2 Å². The number of allylic oxidation sites excluding steroid dienone is 1. The van der Waals surface area contributed by atoms with E-state index in [2.05, 4.69) is 54.5 Å². The first-order chi connectivity index (χ1) is 17.3. The van der Waals surface area contributed by atoms with Gasteiger partial charge in [-0.1, -0.05) is 62.0 Å². The Morgan fingerprint density at radius 2 is 1.89 bits per heavy atom. The number of carbonyl (C=O) groups is 2. The molecule has 3 aromatic rings. The van der Waals surface area contributed by atoms with E-state index in [-0.39, 0.29) is 5.78 Å². The van der Waals surface area contributed by atoms with Gasteiger partial charge in [0, 0.05) is 12.1 Å². The largest absolute Gasteiger partial charge is 0.497 e. The minimum atomic E-state index is 0.0177. The predicted molar refractivity (Wildman–Crippen MR) is 145 cm³/mol. The first-order valence-corrected chi connectivity index (χ1v) is 11.8. The van der Waals surface area contributed by atoms with Crippen LogP contribution in [0.25, 0.3) is 10.8 Å². The molecule has 0 bridgehead atoms. The molecule has 0 aliphatic heterocycles. The summed E-state index contributed by atoms with van der Waals surface area (Å²) in [6, 6.07) is 22.1. The van der Waals surface area contributed by atoms with Crippen molar-refractivity contribution in [3.05, 3.63) is 89.6 Å². The zero-order chi connectivity index (χ0) is 26.6. The number of nitrogens with one attached hydrogen (secondary N) is 2. The molecular weight excluding hydrogens is 450 g/mol. The molecule has 188 valence electrons. The van der Waals surface area contributed by atoms with Crippen LogP contribution in [0.4, 0.5) is 0 Å². The number of benzene rings is 3. The number of carbonyl (C=O) groups excluding carboxylic acids is 2. The summed E-state index contributed by atoms with van der Waals surface area (Å²) < 4.78 is 5.31. The first-order valence-electron chi connectivity index (χ1n) is 11.8. The van der Waals surface area contributed by atoms with Crippen LogP contribution in [0.15, 0.2) is 72.9 Å². The molecule has 0 radical (unpaired) electrons. The van der Waals surface area contributed by atoms with Gasteiger partial charge in [0.1, 0.15) is 5.75 Å². The lowest BCUT2D eigenvalue weighted by atomic mass is 9.92. The highest BCUT2D eigenvalue weighted by molar-refractivity contribution is 5.95. The smallest absolute Gasteiger partial charge is 0.165 e. The van der Waals surface area contributed by atoms with E-state index in [9.17, 15) is 9.59 Å². The van der Waals surface area contributed by atoms with E-state index in [0.29, 0.717) is 36.1 Å². The van der Waals surface area contributed by atoms with Crippen molar-refractivity contribution in [3.63, 3.8) is 0 Å². The minimum absolute atomic E-state index is 0.0177. The summed E-state index contributed by atoms with van der Waals surface area (Å²) in [5.74, 6) is 0.966. The van der Waals surface area contributed by atoms with Crippen LogP contribution >= 0.6 is 0 Å². The van der Waals surface area contributed by atoms with Crippen molar-refractivity contribution in [1.29, 1.82) is 5.26 Å². The van der Waals surface area contributed by atoms with E-state index in [0.717, 1.165) is 11.3 Å². The topological polar surface area (TPSA) is 91.2 Å². The highest BCUT2D eigenvalue weighted by Gasteiger charge is 2.39. The van der Waals surface area contributed by atoms with Crippen molar-refractivity contribution in [2.75, 3.05) is 20.7 Å². The number of aldehydes is 1. The van der Waals surface area contributed by atoms with Crippen molar-refractivity contribution in [1.82, 2.24) is 10.6 Å². The van der Waals surface area contributed by atoms with Crippen LogP contribution < -0.4 is 15.4 Å². The molecule has 2 N–H and O–H groups in total. The maximum Gasteiger partial charge on any atom is 0.165 e. The Hall–Kier alpha value is -3.95. The fourth-order valence-electron chi connectivity index (χ4n) is 3.71. The second kappa shape index (κ2) is 13.8. The number of ether oxygens (including phenoxy) is 1. The summed E-state index contributed by atoms with van der Waals surface area (Å²) in [6.07, 6.45) is 3.27. The Balaban J connectivity index is 0.000000215. The number of ketones is 1. The lowest BCUT2D eigenvalue weighted by Crippen LogP contribution is -2.14. The molecule has 0 saturated heterocycles. The van der Waals surface area contributed by atoms with Crippen LogP contribution in [0, 0.1) is 11.3 Å². The average molecular weight is 486 g/mol. The molecule has 36 heavy (non-hydrogen) atoms. The van der Waals surface area contributed by atoms with Gasteiger partial charge in [-0.25, -0.2) is 0 Å². The maximum absolute atomic E-state index is 11.3. The molecule has 0 unspecified atom stereocenters. The molecule has 6 heteroatoms. The number of rotatable bonds is 8. The van der Waals surface area contributed by atoms with E-state index in [4.69, 9.17) is 10.00 Å². The SMILES string of the molecule is C=C(C=O)NCc1ccccc1C(C)=O.CNCC#N.COc1ccc2cccc(C3(C)CC3)c2c1. The molecule has 1 aliphatic rings. The maximum atomic E-state index is 11.3. The molecule has 1 aliphatic carbocycles. The molecule has 0 spiro atoms. The van der Waals surface area contributed by atoms with E-state index in [1.807, 2.05) is 30.3 Å². The lowest BCUT2D eigenvalue weighted by Gasteiger charge is -2.13. The van der Waals surface area contributed by atoms with Crippen LogP contribution in [0.3, 0.4) is 0 Å². The zero-order valence-corrected chi connectivity index (χ0v) is 21.6. The molecule has 1 fully saturated rings. The molecular formula is C30H35N3O3. The van der Waals surface area contributed by atoms with E-state index < -0.39 is 0 Å². The Labute approximate surface area is 214 Å². The standard InChI is InChI=1S/C15H16O.C12H13NO2.C3H6N2/c1-15(8-9-15)14-5-3-4-11-6-7-12(16-2)10-13(11)14;1-9(8-14)13-7-11-5-3-4-6-12(11)10(2)15;1-5-3-2-4/h3-7,10H,8-9H2,1-2H3;3-6,8,13H,1,7H2,2H3;5H,3H2,1H3. The number of Topliss-reactive ketones (excluding diaryl/α,β-unsaturated/α-hetero) is 1. The number of nitrogens with zero attached hydrogens (tertiary/aromatic N) is 1. The molecule has 6 nitrogen and oxygen atoms in total. The molecule has 4 rings (SSSR count). The molecule has 0 amide bonds. The predicted octanol–water partition coefficient (Wildman–Crippen LogP) is 5.32.